The van der Waals surface area contributed by atoms with E-state index in [2.05, 4.69) is 5.32 Å². The van der Waals surface area contributed by atoms with Crippen LogP contribution < -0.4 is 11.1 Å². The molecule has 1 aromatic rings. The van der Waals surface area contributed by atoms with Crippen LogP contribution in [-0.4, -0.2) is 12.5 Å². The number of hydrogen-bond donors (Lipinski definition) is 2. The Morgan fingerprint density at radius 3 is 2.61 bits per heavy atom. The molecule has 0 heterocycles. The predicted molar refractivity (Wildman–Crippen MR) is 73.0 cm³/mol. The van der Waals surface area contributed by atoms with Gasteiger partial charge in [0.05, 0.1) is 5.54 Å². The maximum atomic E-state index is 13.1. The Morgan fingerprint density at radius 2 is 2.11 bits per heavy atom. The summed E-state index contributed by atoms with van der Waals surface area (Å²) in [6, 6.07) is 6.22. The summed E-state index contributed by atoms with van der Waals surface area (Å²) in [5.74, 6) is -0.679. The van der Waals surface area contributed by atoms with E-state index < -0.39 is 5.54 Å². The molecule has 1 aromatic carbocycles. The summed E-state index contributed by atoms with van der Waals surface area (Å²) in [5, 5.41) is 2.86. The van der Waals surface area contributed by atoms with Gasteiger partial charge in [0.2, 0.25) is 5.91 Å². The van der Waals surface area contributed by atoms with Crippen molar-refractivity contribution in [2.24, 2.45) is 11.7 Å². The zero-order chi connectivity index (χ0) is 13.1. The van der Waals surface area contributed by atoms with Crippen molar-refractivity contribution in [1.29, 1.82) is 0 Å². The average molecular weight is 275 g/mol. The third kappa shape index (κ3) is 4.27. The first kappa shape index (κ1) is 16.9. The molecule has 0 aromatic heterocycles. The number of rotatable bonds is 4. The number of halogens is 2. The van der Waals surface area contributed by atoms with Crippen molar-refractivity contribution in [3.63, 3.8) is 0 Å². The zero-order valence-electron chi connectivity index (χ0n) is 10.9. The first-order valence-electron chi connectivity index (χ1n) is 5.65. The lowest BCUT2D eigenvalue weighted by Crippen LogP contribution is -2.44. The lowest BCUT2D eigenvalue weighted by molar-refractivity contribution is -0.125. The summed E-state index contributed by atoms with van der Waals surface area (Å²) >= 11 is 0. The van der Waals surface area contributed by atoms with E-state index in [9.17, 15) is 9.18 Å². The lowest BCUT2D eigenvalue weighted by Gasteiger charge is -2.28. The van der Waals surface area contributed by atoms with Gasteiger partial charge in [0.15, 0.2) is 0 Å². The van der Waals surface area contributed by atoms with Crippen molar-refractivity contribution < 1.29 is 9.18 Å². The van der Waals surface area contributed by atoms with Crippen molar-refractivity contribution in [2.45, 2.75) is 26.3 Å². The van der Waals surface area contributed by atoms with E-state index in [1.54, 1.807) is 19.1 Å². The molecule has 18 heavy (non-hydrogen) atoms. The molecule has 1 amide bonds. The van der Waals surface area contributed by atoms with Gasteiger partial charge in [-0.2, -0.15) is 0 Å². The molecule has 1 rings (SSSR count). The summed E-state index contributed by atoms with van der Waals surface area (Å²) < 4.78 is 13.1. The number of benzene rings is 1. The van der Waals surface area contributed by atoms with Crippen LogP contribution in [0.1, 0.15) is 26.3 Å². The van der Waals surface area contributed by atoms with E-state index in [1.807, 2.05) is 13.8 Å². The van der Waals surface area contributed by atoms with Crippen LogP contribution in [0.3, 0.4) is 0 Å². The van der Waals surface area contributed by atoms with E-state index in [0.717, 1.165) is 5.56 Å². The highest BCUT2D eigenvalue weighted by molar-refractivity contribution is 5.85. The molecule has 0 radical (unpaired) electrons. The number of hydrogen-bond acceptors (Lipinski definition) is 2. The molecule has 0 spiro atoms. The molecule has 5 heteroatoms. The van der Waals surface area contributed by atoms with Gasteiger partial charge in [0.25, 0.3) is 0 Å². The molecular weight excluding hydrogens is 255 g/mol. The highest BCUT2D eigenvalue weighted by Gasteiger charge is 2.25. The normalized spacial score (nSPS) is 12.5. The molecule has 1 atom stereocenters. The van der Waals surface area contributed by atoms with Gasteiger partial charge in [-0.15, -0.1) is 12.4 Å². The van der Waals surface area contributed by atoms with Crippen LogP contribution in [0.15, 0.2) is 24.3 Å². The van der Waals surface area contributed by atoms with Crippen LogP contribution in [0.4, 0.5) is 4.39 Å². The van der Waals surface area contributed by atoms with E-state index >= 15 is 0 Å². The molecule has 0 aliphatic carbocycles. The highest BCUT2D eigenvalue weighted by Crippen LogP contribution is 2.21. The Balaban J connectivity index is 0.00000289. The van der Waals surface area contributed by atoms with Crippen LogP contribution >= 0.6 is 12.4 Å². The Labute approximate surface area is 113 Å². The standard InChI is InChI=1S/C13H19FN2O.ClH/c1-9(8-15)12(17)16-13(2,3)10-5-4-6-11(14)7-10;/h4-7,9H,8,15H2,1-3H3,(H,16,17);1H. The van der Waals surface area contributed by atoms with Crippen molar-refractivity contribution in [1.82, 2.24) is 5.32 Å². The van der Waals surface area contributed by atoms with Gasteiger partial charge in [0, 0.05) is 12.5 Å². The van der Waals surface area contributed by atoms with E-state index in [-0.39, 0.29) is 30.0 Å². The van der Waals surface area contributed by atoms with Gasteiger partial charge in [-0.1, -0.05) is 19.1 Å². The fourth-order valence-corrected chi connectivity index (χ4v) is 1.49. The second-order valence-corrected chi connectivity index (χ2v) is 4.76. The number of carbonyl (C=O) groups excluding carboxylic acids is 1. The van der Waals surface area contributed by atoms with E-state index in [4.69, 9.17) is 5.73 Å². The molecular formula is C13H20ClFN2O. The van der Waals surface area contributed by atoms with Crippen molar-refractivity contribution in [2.75, 3.05) is 6.54 Å². The summed E-state index contributed by atoms with van der Waals surface area (Å²) in [6.07, 6.45) is 0. The molecule has 3 N–H and O–H groups in total. The van der Waals surface area contributed by atoms with Gasteiger partial charge < -0.3 is 11.1 Å². The number of carbonyl (C=O) groups is 1. The van der Waals surface area contributed by atoms with Crippen molar-refractivity contribution >= 4 is 18.3 Å². The number of nitrogens with one attached hydrogen (secondary N) is 1. The zero-order valence-corrected chi connectivity index (χ0v) is 11.7. The number of nitrogens with two attached hydrogens (primary N) is 1. The van der Waals surface area contributed by atoms with Crippen LogP contribution in [0.25, 0.3) is 0 Å². The van der Waals surface area contributed by atoms with Crippen molar-refractivity contribution in [3.8, 4) is 0 Å². The molecule has 0 aliphatic rings. The molecule has 0 bridgehead atoms. The van der Waals surface area contributed by atoms with Crippen LogP contribution in [-0.2, 0) is 10.3 Å². The number of amides is 1. The van der Waals surface area contributed by atoms with Gasteiger partial charge >= 0.3 is 0 Å². The molecule has 0 saturated heterocycles. The summed E-state index contributed by atoms with van der Waals surface area (Å²) in [6.45, 7) is 5.73. The lowest BCUT2D eigenvalue weighted by atomic mass is 9.93. The first-order chi connectivity index (χ1) is 7.86. The Hall–Kier alpha value is -1.13. The second-order valence-electron chi connectivity index (χ2n) is 4.76. The van der Waals surface area contributed by atoms with Crippen LogP contribution in [0, 0.1) is 11.7 Å². The van der Waals surface area contributed by atoms with Gasteiger partial charge in [-0.05, 0) is 31.5 Å². The largest absolute Gasteiger partial charge is 0.347 e. The summed E-state index contributed by atoms with van der Waals surface area (Å²) in [4.78, 5) is 11.8. The Bertz CT molecular complexity index is 410. The van der Waals surface area contributed by atoms with Gasteiger partial charge in [-0.3, -0.25) is 4.79 Å². The topological polar surface area (TPSA) is 55.1 Å². The SMILES string of the molecule is CC(CN)C(=O)NC(C)(C)c1cccc(F)c1.Cl. The molecule has 0 aliphatic heterocycles. The van der Waals surface area contributed by atoms with E-state index in [0.29, 0.717) is 6.54 Å². The third-order valence-corrected chi connectivity index (χ3v) is 2.78. The Morgan fingerprint density at radius 1 is 1.50 bits per heavy atom. The van der Waals surface area contributed by atoms with Crippen LogP contribution in [0.5, 0.6) is 0 Å². The van der Waals surface area contributed by atoms with Crippen LogP contribution in [0.2, 0.25) is 0 Å². The second kappa shape index (κ2) is 6.71. The Kier molecular flexibility index (Phi) is 6.29. The van der Waals surface area contributed by atoms with Gasteiger partial charge in [0.1, 0.15) is 5.82 Å². The van der Waals surface area contributed by atoms with E-state index in [1.165, 1.54) is 12.1 Å². The predicted octanol–water partition coefficient (Wildman–Crippen LogP) is 2.19. The molecule has 102 valence electrons. The smallest absolute Gasteiger partial charge is 0.224 e. The summed E-state index contributed by atoms with van der Waals surface area (Å²) in [7, 11) is 0. The average Bonchev–Trinajstić information content (AvgIpc) is 2.27. The monoisotopic (exact) mass is 274 g/mol. The maximum absolute atomic E-state index is 13.1. The summed E-state index contributed by atoms with van der Waals surface area (Å²) in [5.41, 5.74) is 5.56. The fourth-order valence-electron chi connectivity index (χ4n) is 1.49. The van der Waals surface area contributed by atoms with Crippen molar-refractivity contribution in [3.05, 3.63) is 35.6 Å². The minimum absolute atomic E-state index is 0. The molecule has 1 unspecified atom stereocenters. The molecule has 3 nitrogen and oxygen atoms in total. The third-order valence-electron chi connectivity index (χ3n) is 2.78. The molecule has 0 saturated carbocycles. The quantitative estimate of drug-likeness (QED) is 0.884. The minimum atomic E-state index is -0.609. The maximum Gasteiger partial charge on any atom is 0.224 e. The minimum Gasteiger partial charge on any atom is -0.347 e. The molecule has 0 fully saturated rings. The van der Waals surface area contributed by atoms with Gasteiger partial charge in [-0.25, -0.2) is 4.39 Å². The fraction of sp³-hybridized carbons (Fsp3) is 0.462. The first-order valence-corrected chi connectivity index (χ1v) is 5.65. The highest BCUT2D eigenvalue weighted by atomic mass is 35.5.